The molecule has 0 bridgehead atoms. The highest BCUT2D eigenvalue weighted by molar-refractivity contribution is 5.89. The molecule has 0 fully saturated rings. The summed E-state index contributed by atoms with van der Waals surface area (Å²) >= 11 is 0. The average molecular weight is 393 g/mol. The molecule has 1 unspecified atom stereocenters. The van der Waals surface area contributed by atoms with E-state index in [1.807, 2.05) is 54.6 Å². The summed E-state index contributed by atoms with van der Waals surface area (Å²) in [4.78, 5) is 23.7. The first kappa shape index (κ1) is 20.3. The molecule has 0 aliphatic rings. The lowest BCUT2D eigenvalue weighted by Gasteiger charge is -2.20. The van der Waals surface area contributed by atoms with Crippen LogP contribution in [0.4, 0.5) is 0 Å². The van der Waals surface area contributed by atoms with Crippen molar-refractivity contribution in [2.45, 2.75) is 32.7 Å². The number of aromatic nitrogens is 2. The molecule has 0 radical (unpaired) electrons. The van der Waals surface area contributed by atoms with Gasteiger partial charge in [0.2, 0.25) is 5.89 Å². The number of hydrogen-bond donors (Lipinski definition) is 2. The Bertz CT molecular complexity index is 967. The van der Waals surface area contributed by atoms with Gasteiger partial charge in [-0.25, -0.2) is 0 Å². The lowest BCUT2D eigenvalue weighted by molar-refractivity contribution is -0.141. The van der Waals surface area contributed by atoms with Crippen LogP contribution in [0.5, 0.6) is 0 Å². The molecule has 1 amide bonds. The van der Waals surface area contributed by atoms with Crippen molar-refractivity contribution in [3.63, 3.8) is 0 Å². The summed E-state index contributed by atoms with van der Waals surface area (Å²) < 4.78 is 5.16. The molecule has 2 aromatic carbocycles. The Morgan fingerprint density at radius 2 is 1.69 bits per heavy atom. The summed E-state index contributed by atoms with van der Waals surface area (Å²) in [5.74, 6) is -1.85. The highest BCUT2D eigenvalue weighted by atomic mass is 16.4. The van der Waals surface area contributed by atoms with Crippen molar-refractivity contribution in [3.8, 4) is 11.1 Å². The molecule has 3 rings (SSSR count). The number of benzene rings is 2. The maximum absolute atomic E-state index is 12.4. The summed E-state index contributed by atoms with van der Waals surface area (Å²) in [5, 5.41) is 19.5. The first-order valence-electron chi connectivity index (χ1n) is 9.40. The van der Waals surface area contributed by atoms with Gasteiger partial charge in [0.05, 0.1) is 5.92 Å². The average Bonchev–Trinajstić information content (AvgIpc) is 3.15. The smallest absolute Gasteiger partial charge is 0.309 e. The summed E-state index contributed by atoms with van der Waals surface area (Å²) in [6.07, 6.45) is 0.778. The van der Waals surface area contributed by atoms with Crippen LogP contribution in [-0.2, 0) is 11.2 Å². The number of aryl methyl sites for hydroxylation is 1. The molecule has 0 saturated carbocycles. The van der Waals surface area contributed by atoms with Crippen LogP contribution in [0, 0.1) is 12.8 Å². The number of carbonyl (C=O) groups is 2. The Kier molecular flexibility index (Phi) is 6.39. The zero-order chi connectivity index (χ0) is 20.8. The lowest BCUT2D eigenvalue weighted by Crippen LogP contribution is -2.38. The Labute approximate surface area is 168 Å². The molecule has 0 aliphatic carbocycles. The van der Waals surface area contributed by atoms with Crippen molar-refractivity contribution in [1.29, 1.82) is 0 Å². The molecule has 29 heavy (non-hydrogen) atoms. The first-order valence-corrected chi connectivity index (χ1v) is 9.40. The van der Waals surface area contributed by atoms with Crippen molar-refractivity contribution in [2.24, 2.45) is 5.92 Å². The zero-order valence-corrected chi connectivity index (χ0v) is 16.3. The molecule has 0 aliphatic heterocycles. The van der Waals surface area contributed by atoms with Gasteiger partial charge in [0.25, 0.3) is 0 Å². The van der Waals surface area contributed by atoms with E-state index in [1.165, 1.54) is 0 Å². The largest absolute Gasteiger partial charge is 0.481 e. The quantitative estimate of drug-likeness (QED) is 0.607. The van der Waals surface area contributed by atoms with E-state index in [4.69, 9.17) is 4.42 Å². The minimum absolute atomic E-state index is 0.130. The van der Waals surface area contributed by atoms with Gasteiger partial charge in [-0.05, 0) is 29.5 Å². The number of carbonyl (C=O) groups excluding carboxylic acids is 1. The number of amides is 1. The fourth-order valence-electron chi connectivity index (χ4n) is 3.10. The molecule has 1 aromatic heterocycles. The van der Waals surface area contributed by atoms with Crippen LogP contribution in [0.3, 0.4) is 0 Å². The second kappa shape index (κ2) is 9.14. The Morgan fingerprint density at radius 1 is 1.03 bits per heavy atom. The van der Waals surface area contributed by atoms with Crippen LogP contribution >= 0.6 is 0 Å². The molecular formula is C22H23N3O4. The summed E-state index contributed by atoms with van der Waals surface area (Å²) in [5.41, 5.74) is 3.21. The number of nitrogens with zero attached hydrogens (tertiary/aromatic N) is 2. The van der Waals surface area contributed by atoms with Gasteiger partial charge < -0.3 is 14.8 Å². The van der Waals surface area contributed by atoms with Crippen molar-refractivity contribution >= 4 is 11.9 Å². The van der Waals surface area contributed by atoms with E-state index in [1.54, 1.807) is 13.8 Å². The van der Waals surface area contributed by atoms with Gasteiger partial charge in [-0.15, -0.1) is 10.2 Å². The number of carboxylic acid groups (broad SMARTS) is 1. The maximum Gasteiger partial charge on any atom is 0.309 e. The third kappa shape index (κ3) is 5.51. The second-order valence-electron chi connectivity index (χ2n) is 7.04. The van der Waals surface area contributed by atoms with Gasteiger partial charge >= 0.3 is 17.8 Å². The summed E-state index contributed by atoms with van der Waals surface area (Å²) in [7, 11) is 0. The van der Waals surface area contributed by atoms with Gasteiger partial charge in [0, 0.05) is 13.0 Å². The molecule has 1 heterocycles. The normalized spacial score (nSPS) is 12.9. The van der Waals surface area contributed by atoms with Gasteiger partial charge in [0.15, 0.2) is 0 Å². The predicted molar refractivity (Wildman–Crippen MR) is 107 cm³/mol. The predicted octanol–water partition coefficient (Wildman–Crippen LogP) is 3.50. The molecular weight excluding hydrogens is 370 g/mol. The van der Waals surface area contributed by atoms with Gasteiger partial charge in [-0.3, -0.25) is 9.59 Å². The lowest BCUT2D eigenvalue weighted by atomic mass is 9.95. The molecule has 7 heteroatoms. The van der Waals surface area contributed by atoms with Crippen LogP contribution in [0.25, 0.3) is 11.1 Å². The third-order valence-corrected chi connectivity index (χ3v) is 4.66. The minimum atomic E-state index is -0.905. The summed E-state index contributed by atoms with van der Waals surface area (Å²) in [6, 6.07) is 17.7. The van der Waals surface area contributed by atoms with Crippen LogP contribution in [0.15, 0.2) is 59.0 Å². The van der Waals surface area contributed by atoms with E-state index in [9.17, 15) is 14.7 Å². The molecule has 2 atom stereocenters. The van der Waals surface area contributed by atoms with Crippen LogP contribution in [0.1, 0.15) is 35.5 Å². The first-order chi connectivity index (χ1) is 13.9. The standard InChI is InChI=1S/C22H23N3O4/c1-14(22(27)28)12-19(23-20(26)21-25-24-15(2)29-21)13-16-8-10-18(11-9-16)17-6-4-3-5-7-17/h3-11,14,19H,12-13H2,1-2H3,(H,23,26)(H,27,28)/t14-,19?/m1/s1. The molecule has 0 saturated heterocycles. The SMILES string of the molecule is Cc1nnc(C(=O)NC(Cc2ccc(-c3ccccc3)cc2)C[C@@H](C)C(=O)O)o1. The van der Waals surface area contributed by atoms with E-state index >= 15 is 0 Å². The Balaban J connectivity index is 1.73. The number of aliphatic carboxylic acids is 1. The van der Waals surface area contributed by atoms with E-state index in [2.05, 4.69) is 15.5 Å². The van der Waals surface area contributed by atoms with Crippen LogP contribution in [-0.4, -0.2) is 33.2 Å². The number of hydrogen-bond acceptors (Lipinski definition) is 5. The Hall–Kier alpha value is -3.48. The van der Waals surface area contributed by atoms with Crippen molar-refractivity contribution < 1.29 is 19.1 Å². The highest BCUT2D eigenvalue weighted by Crippen LogP contribution is 2.20. The number of nitrogens with one attached hydrogen (secondary N) is 1. The monoisotopic (exact) mass is 393 g/mol. The van der Waals surface area contributed by atoms with E-state index in [0.717, 1.165) is 16.7 Å². The maximum atomic E-state index is 12.4. The molecule has 3 aromatic rings. The van der Waals surface area contributed by atoms with Crippen molar-refractivity contribution in [3.05, 3.63) is 71.9 Å². The van der Waals surface area contributed by atoms with Gasteiger partial charge in [0.1, 0.15) is 0 Å². The highest BCUT2D eigenvalue weighted by Gasteiger charge is 2.23. The summed E-state index contributed by atoms with van der Waals surface area (Å²) in [6.45, 7) is 3.22. The van der Waals surface area contributed by atoms with E-state index in [-0.39, 0.29) is 18.4 Å². The van der Waals surface area contributed by atoms with Gasteiger partial charge in [-0.2, -0.15) is 0 Å². The van der Waals surface area contributed by atoms with Crippen molar-refractivity contribution in [1.82, 2.24) is 15.5 Å². The Morgan fingerprint density at radius 3 is 2.28 bits per heavy atom. The fourth-order valence-corrected chi connectivity index (χ4v) is 3.10. The molecule has 150 valence electrons. The third-order valence-electron chi connectivity index (χ3n) is 4.66. The fraction of sp³-hybridized carbons (Fsp3) is 0.273. The van der Waals surface area contributed by atoms with Crippen LogP contribution in [0.2, 0.25) is 0 Å². The molecule has 2 N–H and O–H groups in total. The van der Waals surface area contributed by atoms with Crippen molar-refractivity contribution in [2.75, 3.05) is 0 Å². The second-order valence-corrected chi connectivity index (χ2v) is 7.04. The zero-order valence-electron chi connectivity index (χ0n) is 16.3. The topological polar surface area (TPSA) is 105 Å². The molecule has 7 nitrogen and oxygen atoms in total. The van der Waals surface area contributed by atoms with Gasteiger partial charge in [-0.1, -0.05) is 61.5 Å². The number of carboxylic acids is 1. The minimum Gasteiger partial charge on any atom is -0.481 e. The van der Waals surface area contributed by atoms with Crippen LogP contribution < -0.4 is 5.32 Å². The number of rotatable bonds is 8. The van der Waals surface area contributed by atoms with E-state index in [0.29, 0.717) is 12.3 Å². The van der Waals surface area contributed by atoms with E-state index < -0.39 is 17.8 Å². The molecule has 0 spiro atoms.